The minimum atomic E-state index is -5.33. The first-order chi connectivity index (χ1) is 5.27. The molecule has 0 aromatic heterocycles. The van der Waals surface area contributed by atoms with Gasteiger partial charge in [0, 0.05) is 0 Å². The smallest absolute Gasteiger partial charge is 0.218 e. The number of hydrogen-bond donors (Lipinski definition) is 0. The SMILES string of the molecule is CCC(C#N)S(=O)(=O)C(F)(F)F. The van der Waals surface area contributed by atoms with E-state index in [-0.39, 0.29) is 6.42 Å². The monoisotopic (exact) mass is 201 g/mol. The molecule has 0 saturated heterocycles. The van der Waals surface area contributed by atoms with Crippen molar-refractivity contribution in [3.05, 3.63) is 0 Å². The standard InChI is InChI=1S/C5H6F3NO2S/c1-2-4(3-9)12(10,11)5(6,7)8/h4H,2H2,1H3. The van der Waals surface area contributed by atoms with E-state index in [0.717, 1.165) is 6.07 Å². The van der Waals surface area contributed by atoms with Gasteiger partial charge >= 0.3 is 5.51 Å². The molecule has 0 aromatic carbocycles. The summed E-state index contributed by atoms with van der Waals surface area (Å²) in [5.41, 5.74) is -5.33. The number of halogens is 3. The van der Waals surface area contributed by atoms with Crippen molar-refractivity contribution < 1.29 is 21.6 Å². The zero-order chi connectivity index (χ0) is 9.99. The molecule has 0 N–H and O–H groups in total. The summed E-state index contributed by atoms with van der Waals surface area (Å²) in [6.45, 7) is 1.21. The zero-order valence-corrected chi connectivity index (χ0v) is 6.91. The number of nitrogens with zero attached hydrogens (tertiary/aromatic N) is 1. The van der Waals surface area contributed by atoms with Crippen LogP contribution < -0.4 is 0 Å². The summed E-state index contributed by atoms with van der Waals surface area (Å²) in [6.07, 6.45) is -0.363. The number of hydrogen-bond acceptors (Lipinski definition) is 3. The van der Waals surface area contributed by atoms with Crippen LogP contribution in [0.2, 0.25) is 0 Å². The maximum atomic E-state index is 11.7. The first-order valence-electron chi connectivity index (χ1n) is 2.97. The molecule has 70 valence electrons. The molecule has 0 aliphatic rings. The Morgan fingerprint density at radius 1 is 1.50 bits per heavy atom. The number of nitriles is 1. The molecule has 7 heteroatoms. The first-order valence-corrected chi connectivity index (χ1v) is 4.51. The van der Waals surface area contributed by atoms with Crippen LogP contribution in [0, 0.1) is 11.3 Å². The molecule has 1 atom stereocenters. The molecule has 0 aliphatic heterocycles. The van der Waals surface area contributed by atoms with Crippen LogP contribution in [0.1, 0.15) is 13.3 Å². The average Bonchev–Trinajstić information content (AvgIpc) is 1.87. The molecule has 0 fully saturated rings. The van der Waals surface area contributed by atoms with Gasteiger partial charge in [-0.25, -0.2) is 8.42 Å². The summed E-state index contributed by atoms with van der Waals surface area (Å²) in [7, 11) is -5.30. The molecule has 0 saturated carbocycles. The minimum absolute atomic E-state index is 0.363. The predicted octanol–water partition coefficient (Wildman–Crippen LogP) is 1.22. The highest BCUT2D eigenvalue weighted by atomic mass is 32.2. The largest absolute Gasteiger partial charge is 0.498 e. The maximum Gasteiger partial charge on any atom is 0.498 e. The molecule has 0 aromatic rings. The van der Waals surface area contributed by atoms with Gasteiger partial charge in [0.25, 0.3) is 9.84 Å². The van der Waals surface area contributed by atoms with Gasteiger partial charge in [-0.15, -0.1) is 0 Å². The summed E-state index contributed by atoms with van der Waals surface area (Å²) in [5, 5.41) is 6.11. The third-order valence-corrected chi connectivity index (χ3v) is 3.05. The van der Waals surface area contributed by atoms with E-state index in [4.69, 9.17) is 5.26 Å². The van der Waals surface area contributed by atoms with E-state index in [9.17, 15) is 21.6 Å². The number of alkyl halides is 3. The Balaban J connectivity index is 5.02. The fourth-order valence-corrected chi connectivity index (χ4v) is 1.44. The average molecular weight is 201 g/mol. The summed E-state index contributed by atoms with van der Waals surface area (Å²) in [5.74, 6) is 0. The number of sulfone groups is 1. The summed E-state index contributed by atoms with van der Waals surface area (Å²) < 4.78 is 56.1. The molecule has 12 heavy (non-hydrogen) atoms. The lowest BCUT2D eigenvalue weighted by molar-refractivity contribution is -0.0440. The lowest BCUT2D eigenvalue weighted by Gasteiger charge is -2.10. The van der Waals surface area contributed by atoms with Gasteiger partial charge in [-0.05, 0) is 6.42 Å². The molecular weight excluding hydrogens is 195 g/mol. The second-order valence-corrected chi connectivity index (χ2v) is 4.14. The van der Waals surface area contributed by atoms with E-state index < -0.39 is 20.6 Å². The van der Waals surface area contributed by atoms with Gasteiger partial charge in [-0.2, -0.15) is 18.4 Å². The van der Waals surface area contributed by atoms with Crippen LogP contribution in [0.5, 0.6) is 0 Å². The number of rotatable bonds is 2. The Labute approximate surface area is 67.7 Å². The summed E-state index contributed by atoms with van der Waals surface area (Å²) >= 11 is 0. The highest BCUT2D eigenvalue weighted by molar-refractivity contribution is 7.93. The van der Waals surface area contributed by atoms with E-state index >= 15 is 0 Å². The molecule has 0 spiro atoms. The highest BCUT2D eigenvalue weighted by Gasteiger charge is 2.50. The summed E-state index contributed by atoms with van der Waals surface area (Å²) in [4.78, 5) is 0. The van der Waals surface area contributed by atoms with E-state index in [2.05, 4.69) is 0 Å². The molecule has 0 heterocycles. The first kappa shape index (κ1) is 11.2. The summed E-state index contributed by atoms with van der Waals surface area (Å²) in [6, 6.07) is 1.09. The topological polar surface area (TPSA) is 57.9 Å². The molecule has 0 amide bonds. The van der Waals surface area contributed by atoms with Gasteiger partial charge in [-0.1, -0.05) is 6.92 Å². The van der Waals surface area contributed by atoms with Crippen molar-refractivity contribution in [2.45, 2.75) is 24.1 Å². The van der Waals surface area contributed by atoms with Crippen molar-refractivity contribution >= 4 is 9.84 Å². The van der Waals surface area contributed by atoms with E-state index in [1.54, 1.807) is 0 Å². The Hall–Kier alpha value is -0.770. The predicted molar refractivity (Wildman–Crippen MR) is 34.7 cm³/mol. The lowest BCUT2D eigenvalue weighted by atomic mass is 10.4. The van der Waals surface area contributed by atoms with Gasteiger partial charge in [0.15, 0.2) is 5.25 Å². The minimum Gasteiger partial charge on any atom is -0.218 e. The van der Waals surface area contributed by atoms with Crippen LogP contribution in [0.25, 0.3) is 0 Å². The third-order valence-electron chi connectivity index (χ3n) is 1.21. The fraction of sp³-hybridized carbons (Fsp3) is 0.800. The normalized spacial score (nSPS) is 15.2. The van der Waals surface area contributed by atoms with Crippen LogP contribution in [0.3, 0.4) is 0 Å². The van der Waals surface area contributed by atoms with Gasteiger partial charge in [-0.3, -0.25) is 0 Å². The van der Waals surface area contributed by atoms with Crippen molar-refractivity contribution in [2.75, 3.05) is 0 Å². The quantitative estimate of drug-likeness (QED) is 0.675. The van der Waals surface area contributed by atoms with E-state index in [1.807, 2.05) is 0 Å². The van der Waals surface area contributed by atoms with Crippen LogP contribution >= 0.6 is 0 Å². The molecular formula is C5H6F3NO2S. The Morgan fingerprint density at radius 3 is 2.00 bits per heavy atom. The van der Waals surface area contributed by atoms with E-state index in [0.29, 0.717) is 0 Å². The van der Waals surface area contributed by atoms with Crippen molar-refractivity contribution in [3.8, 4) is 6.07 Å². The Kier molecular flexibility index (Phi) is 3.10. The molecule has 0 bridgehead atoms. The lowest BCUT2D eigenvalue weighted by Crippen LogP contribution is -2.32. The second kappa shape index (κ2) is 3.31. The molecule has 0 rings (SSSR count). The van der Waals surface area contributed by atoms with Crippen molar-refractivity contribution in [3.63, 3.8) is 0 Å². The van der Waals surface area contributed by atoms with Crippen LogP contribution in [-0.2, 0) is 9.84 Å². The van der Waals surface area contributed by atoms with Gasteiger partial charge in [0.1, 0.15) is 0 Å². The van der Waals surface area contributed by atoms with E-state index in [1.165, 1.54) is 6.92 Å². The molecule has 1 unspecified atom stereocenters. The van der Waals surface area contributed by atoms with Crippen molar-refractivity contribution in [1.82, 2.24) is 0 Å². The Bertz CT molecular complexity index is 287. The molecule has 0 aliphatic carbocycles. The molecule has 0 radical (unpaired) electrons. The van der Waals surface area contributed by atoms with Crippen molar-refractivity contribution in [1.29, 1.82) is 5.26 Å². The van der Waals surface area contributed by atoms with Gasteiger partial charge < -0.3 is 0 Å². The highest BCUT2D eigenvalue weighted by Crippen LogP contribution is 2.28. The van der Waals surface area contributed by atoms with Crippen molar-refractivity contribution in [2.24, 2.45) is 0 Å². The second-order valence-electron chi connectivity index (χ2n) is 2.02. The molecule has 3 nitrogen and oxygen atoms in total. The fourth-order valence-electron chi connectivity index (χ4n) is 0.541. The maximum absolute atomic E-state index is 11.7. The third kappa shape index (κ3) is 1.88. The van der Waals surface area contributed by atoms with Crippen LogP contribution in [-0.4, -0.2) is 19.2 Å². The zero-order valence-electron chi connectivity index (χ0n) is 6.09. The van der Waals surface area contributed by atoms with Crippen LogP contribution in [0.4, 0.5) is 13.2 Å². The van der Waals surface area contributed by atoms with Gasteiger partial charge in [0.05, 0.1) is 6.07 Å². The Morgan fingerprint density at radius 2 is 1.92 bits per heavy atom. The van der Waals surface area contributed by atoms with Gasteiger partial charge in [0.2, 0.25) is 0 Å². The van der Waals surface area contributed by atoms with Crippen LogP contribution in [0.15, 0.2) is 0 Å².